The summed E-state index contributed by atoms with van der Waals surface area (Å²) in [6.45, 7) is 7.21. The second-order valence-corrected chi connectivity index (χ2v) is 6.03. The van der Waals surface area contributed by atoms with E-state index in [0.29, 0.717) is 19.8 Å². The summed E-state index contributed by atoms with van der Waals surface area (Å²) in [7, 11) is 0. The van der Waals surface area contributed by atoms with Crippen LogP contribution >= 0.6 is 0 Å². The molecule has 2 rings (SSSR count). The molecule has 1 aliphatic rings. The van der Waals surface area contributed by atoms with Crippen molar-refractivity contribution in [1.29, 1.82) is 0 Å². The van der Waals surface area contributed by atoms with Crippen LogP contribution in [-0.2, 0) is 14.2 Å². The van der Waals surface area contributed by atoms with E-state index >= 15 is 0 Å². The number of hydrogen-bond acceptors (Lipinski definition) is 4. The minimum absolute atomic E-state index is 0.244. The number of nitrogens with one attached hydrogen (secondary N) is 1. The van der Waals surface area contributed by atoms with Crippen LogP contribution in [0.5, 0.6) is 0 Å². The second kappa shape index (κ2) is 7.42. The minimum Gasteiger partial charge on any atom is -0.444 e. The van der Waals surface area contributed by atoms with Gasteiger partial charge in [0, 0.05) is 12.1 Å². The third kappa shape index (κ3) is 5.50. The summed E-state index contributed by atoms with van der Waals surface area (Å²) >= 11 is 0. The van der Waals surface area contributed by atoms with Crippen molar-refractivity contribution in [1.82, 2.24) is 5.32 Å². The summed E-state index contributed by atoms with van der Waals surface area (Å²) in [5, 5.41) is 2.68. The largest absolute Gasteiger partial charge is 0.444 e. The minimum atomic E-state index is -0.478. The smallest absolute Gasteiger partial charge is 0.407 e. The first-order valence-electron chi connectivity index (χ1n) is 7.40. The summed E-state index contributed by atoms with van der Waals surface area (Å²) in [6.07, 6.45) is 3.16. The molecule has 0 bridgehead atoms. The van der Waals surface area contributed by atoms with E-state index < -0.39 is 11.7 Å². The number of carbonyl (C=O) groups excluding carboxylic acids is 1. The number of ether oxygens (including phenoxy) is 3. The number of alkyl carbamates (subject to hydrolysis) is 1. The van der Waals surface area contributed by atoms with Gasteiger partial charge in [0.1, 0.15) is 5.60 Å². The summed E-state index contributed by atoms with van der Waals surface area (Å²) in [5.41, 5.74) is 1.59. The molecule has 1 heterocycles. The fourth-order valence-electron chi connectivity index (χ4n) is 1.97. The Bertz CT molecular complexity index is 510. The average molecular weight is 305 g/mol. The zero-order valence-electron chi connectivity index (χ0n) is 13.3. The van der Waals surface area contributed by atoms with Crippen LogP contribution in [0.3, 0.4) is 0 Å². The molecule has 1 aliphatic heterocycles. The highest BCUT2D eigenvalue weighted by molar-refractivity contribution is 5.68. The van der Waals surface area contributed by atoms with E-state index in [0.717, 1.165) is 11.1 Å². The van der Waals surface area contributed by atoms with Crippen LogP contribution in [0.25, 0.3) is 6.08 Å². The Kier molecular flexibility index (Phi) is 5.57. The molecule has 0 atom stereocenters. The molecule has 1 amide bonds. The number of carbonyl (C=O) groups is 1. The van der Waals surface area contributed by atoms with Crippen LogP contribution in [0.1, 0.15) is 38.2 Å². The fourth-order valence-corrected chi connectivity index (χ4v) is 1.97. The van der Waals surface area contributed by atoms with Gasteiger partial charge in [-0.15, -0.1) is 0 Å². The van der Waals surface area contributed by atoms with E-state index in [1.165, 1.54) is 0 Å². The Morgan fingerprint density at radius 1 is 1.27 bits per heavy atom. The fraction of sp³-hybridized carbons (Fsp3) is 0.471. The van der Waals surface area contributed by atoms with Crippen molar-refractivity contribution < 1.29 is 19.0 Å². The maximum atomic E-state index is 11.5. The first-order valence-corrected chi connectivity index (χ1v) is 7.40. The van der Waals surface area contributed by atoms with Crippen LogP contribution < -0.4 is 5.32 Å². The van der Waals surface area contributed by atoms with Crippen molar-refractivity contribution in [3.63, 3.8) is 0 Å². The topological polar surface area (TPSA) is 56.8 Å². The molecule has 1 N–H and O–H groups in total. The second-order valence-electron chi connectivity index (χ2n) is 6.03. The van der Waals surface area contributed by atoms with E-state index in [-0.39, 0.29) is 6.29 Å². The molecule has 5 nitrogen and oxygen atoms in total. The van der Waals surface area contributed by atoms with Gasteiger partial charge in [-0.05, 0) is 26.3 Å². The summed E-state index contributed by atoms with van der Waals surface area (Å²) in [5.74, 6) is 0. The van der Waals surface area contributed by atoms with E-state index in [9.17, 15) is 4.79 Å². The highest BCUT2D eigenvalue weighted by atomic mass is 16.7. The molecule has 0 radical (unpaired) electrons. The third-order valence-electron chi connectivity index (χ3n) is 2.90. The van der Waals surface area contributed by atoms with Gasteiger partial charge in [-0.1, -0.05) is 36.4 Å². The predicted molar refractivity (Wildman–Crippen MR) is 84.4 cm³/mol. The molecule has 120 valence electrons. The molecule has 5 heteroatoms. The predicted octanol–water partition coefficient (Wildman–Crippen LogP) is 3.27. The molecule has 1 aromatic rings. The van der Waals surface area contributed by atoms with Crippen LogP contribution in [0.15, 0.2) is 30.3 Å². The van der Waals surface area contributed by atoms with Crippen molar-refractivity contribution in [3.8, 4) is 0 Å². The van der Waals surface area contributed by atoms with Gasteiger partial charge >= 0.3 is 6.09 Å². The molecule has 0 aliphatic carbocycles. The highest BCUT2D eigenvalue weighted by Gasteiger charge is 2.17. The SMILES string of the molecule is CC(C)(C)OC(=O)NCC=Cc1ccc(C2OCCO2)cc1. The van der Waals surface area contributed by atoms with Crippen LogP contribution in [-0.4, -0.2) is 31.5 Å². The van der Waals surface area contributed by atoms with Gasteiger partial charge < -0.3 is 19.5 Å². The van der Waals surface area contributed by atoms with Gasteiger partial charge in [0.2, 0.25) is 0 Å². The van der Waals surface area contributed by atoms with Gasteiger partial charge in [-0.3, -0.25) is 0 Å². The van der Waals surface area contributed by atoms with E-state index in [2.05, 4.69) is 5.32 Å². The van der Waals surface area contributed by atoms with Gasteiger partial charge in [-0.2, -0.15) is 0 Å². The lowest BCUT2D eigenvalue weighted by molar-refractivity contribution is -0.0441. The number of amides is 1. The Balaban J connectivity index is 1.77. The Morgan fingerprint density at radius 2 is 1.91 bits per heavy atom. The average Bonchev–Trinajstić information content (AvgIpc) is 2.96. The maximum absolute atomic E-state index is 11.5. The van der Waals surface area contributed by atoms with E-state index in [1.54, 1.807) is 0 Å². The van der Waals surface area contributed by atoms with Gasteiger partial charge in [-0.25, -0.2) is 4.79 Å². The quantitative estimate of drug-likeness (QED) is 0.927. The van der Waals surface area contributed by atoms with Crippen molar-refractivity contribution in [3.05, 3.63) is 41.5 Å². The molecule has 0 unspecified atom stereocenters. The van der Waals surface area contributed by atoms with Crippen LogP contribution in [0.2, 0.25) is 0 Å². The van der Waals surface area contributed by atoms with Crippen molar-refractivity contribution in [2.75, 3.05) is 19.8 Å². The first-order chi connectivity index (χ1) is 10.4. The molecule has 1 aromatic carbocycles. The molecule has 0 saturated carbocycles. The van der Waals surface area contributed by atoms with Crippen molar-refractivity contribution in [2.24, 2.45) is 0 Å². The summed E-state index contributed by atoms with van der Waals surface area (Å²) in [6, 6.07) is 7.95. The van der Waals surface area contributed by atoms with Gasteiger partial charge in [0.05, 0.1) is 13.2 Å². The van der Waals surface area contributed by atoms with Crippen molar-refractivity contribution in [2.45, 2.75) is 32.7 Å². The molecule has 22 heavy (non-hydrogen) atoms. The van der Waals surface area contributed by atoms with Crippen molar-refractivity contribution >= 4 is 12.2 Å². The zero-order chi connectivity index (χ0) is 16.0. The molecule has 1 saturated heterocycles. The standard InChI is InChI=1S/C17H23NO4/c1-17(2,3)22-16(19)18-10-4-5-13-6-8-14(9-7-13)15-20-11-12-21-15/h4-9,15H,10-12H2,1-3H3,(H,18,19). The normalized spacial score (nSPS) is 16.1. The molecule has 0 spiro atoms. The van der Waals surface area contributed by atoms with E-state index in [1.807, 2.05) is 57.2 Å². The Hall–Kier alpha value is -1.85. The zero-order valence-corrected chi connectivity index (χ0v) is 13.3. The summed E-state index contributed by atoms with van der Waals surface area (Å²) < 4.78 is 16.0. The van der Waals surface area contributed by atoms with E-state index in [4.69, 9.17) is 14.2 Å². The van der Waals surface area contributed by atoms with Gasteiger partial charge in [0.25, 0.3) is 0 Å². The maximum Gasteiger partial charge on any atom is 0.407 e. The molecular weight excluding hydrogens is 282 g/mol. The lowest BCUT2D eigenvalue weighted by atomic mass is 10.1. The highest BCUT2D eigenvalue weighted by Crippen LogP contribution is 2.23. The number of rotatable bonds is 4. The number of hydrogen-bond donors (Lipinski definition) is 1. The number of benzene rings is 1. The first kappa shape index (κ1) is 16.5. The van der Waals surface area contributed by atoms with Gasteiger partial charge in [0.15, 0.2) is 6.29 Å². The Labute approximate surface area is 131 Å². The molecule has 0 aromatic heterocycles. The molecule has 1 fully saturated rings. The third-order valence-corrected chi connectivity index (χ3v) is 2.90. The van der Waals surface area contributed by atoms with Crippen LogP contribution in [0, 0.1) is 0 Å². The van der Waals surface area contributed by atoms with Crippen LogP contribution in [0.4, 0.5) is 4.79 Å². The summed E-state index contributed by atoms with van der Waals surface area (Å²) in [4.78, 5) is 11.5. The molecular formula is C17H23NO4. The lowest BCUT2D eigenvalue weighted by Crippen LogP contribution is -2.32. The lowest BCUT2D eigenvalue weighted by Gasteiger charge is -2.19. The Morgan fingerprint density at radius 3 is 2.50 bits per heavy atom. The monoisotopic (exact) mass is 305 g/mol.